The average Bonchev–Trinajstić information content (AvgIpc) is 1.96. The summed E-state index contributed by atoms with van der Waals surface area (Å²) >= 11 is 0. The summed E-state index contributed by atoms with van der Waals surface area (Å²) in [6, 6.07) is 1.36. The summed E-state index contributed by atoms with van der Waals surface area (Å²) in [6.07, 6.45) is 0. The first-order valence-corrected chi connectivity index (χ1v) is 2.94. The zero-order valence-electron chi connectivity index (χ0n) is 5.82. The van der Waals surface area contributed by atoms with E-state index in [2.05, 4.69) is 0 Å². The monoisotopic (exact) mass is 172 g/mol. The molecule has 1 aromatic rings. The van der Waals surface area contributed by atoms with Gasteiger partial charge in [-0.25, -0.2) is 4.39 Å². The Morgan fingerprint density at radius 2 is 2.17 bits per heavy atom. The summed E-state index contributed by atoms with van der Waals surface area (Å²) in [7, 11) is 0. The smallest absolute Gasteiger partial charge is 0.298 e. The van der Waals surface area contributed by atoms with E-state index < -0.39 is 27.9 Å². The van der Waals surface area contributed by atoms with E-state index in [9.17, 15) is 14.5 Å². The van der Waals surface area contributed by atoms with Crippen LogP contribution in [-0.2, 0) is 0 Å². The standard InChI is InChI=1S/C6H5FN2O3/c7-3-1-4(9(11)12)6(8)5(10)2-3/h1-2,10H,8H2. The molecular weight excluding hydrogens is 167 g/mol. The van der Waals surface area contributed by atoms with Crippen LogP contribution in [0.4, 0.5) is 15.8 Å². The van der Waals surface area contributed by atoms with Crippen LogP contribution in [0.5, 0.6) is 5.75 Å². The lowest BCUT2D eigenvalue weighted by Crippen LogP contribution is -1.96. The van der Waals surface area contributed by atoms with Crippen molar-refractivity contribution in [2.75, 3.05) is 5.73 Å². The number of hydrogen-bond acceptors (Lipinski definition) is 4. The van der Waals surface area contributed by atoms with Crippen molar-refractivity contribution in [3.63, 3.8) is 0 Å². The lowest BCUT2D eigenvalue weighted by Gasteiger charge is -1.99. The Balaban J connectivity index is 3.37. The molecule has 0 radical (unpaired) electrons. The van der Waals surface area contributed by atoms with Crippen molar-refractivity contribution in [1.29, 1.82) is 0 Å². The van der Waals surface area contributed by atoms with Crippen LogP contribution in [0.3, 0.4) is 0 Å². The first-order valence-electron chi connectivity index (χ1n) is 2.94. The molecule has 0 fully saturated rings. The van der Waals surface area contributed by atoms with Gasteiger partial charge >= 0.3 is 0 Å². The molecule has 5 nitrogen and oxygen atoms in total. The molecule has 0 heterocycles. The Bertz CT molecular complexity index is 340. The molecule has 0 aliphatic carbocycles. The van der Waals surface area contributed by atoms with Crippen LogP contribution < -0.4 is 5.73 Å². The van der Waals surface area contributed by atoms with Gasteiger partial charge in [0.15, 0.2) is 5.69 Å². The fraction of sp³-hybridized carbons (Fsp3) is 0. The molecule has 3 N–H and O–H groups in total. The highest BCUT2D eigenvalue weighted by atomic mass is 19.1. The molecule has 0 aliphatic rings. The van der Waals surface area contributed by atoms with Crippen molar-refractivity contribution in [3.8, 4) is 5.75 Å². The Kier molecular flexibility index (Phi) is 1.82. The van der Waals surface area contributed by atoms with Gasteiger partial charge in [-0.2, -0.15) is 0 Å². The number of anilines is 1. The summed E-state index contributed by atoms with van der Waals surface area (Å²) in [5.41, 5.74) is 4.03. The summed E-state index contributed by atoms with van der Waals surface area (Å²) in [4.78, 5) is 9.31. The topological polar surface area (TPSA) is 89.4 Å². The van der Waals surface area contributed by atoms with E-state index in [0.29, 0.717) is 12.1 Å². The number of halogens is 1. The van der Waals surface area contributed by atoms with E-state index in [1.54, 1.807) is 0 Å². The molecule has 0 atom stereocenters. The van der Waals surface area contributed by atoms with Gasteiger partial charge in [0.2, 0.25) is 0 Å². The quantitative estimate of drug-likeness (QED) is 0.286. The van der Waals surface area contributed by atoms with Crippen LogP contribution in [0, 0.1) is 15.9 Å². The molecule has 0 saturated carbocycles. The van der Waals surface area contributed by atoms with Gasteiger partial charge in [-0.3, -0.25) is 10.1 Å². The van der Waals surface area contributed by atoms with Crippen molar-refractivity contribution >= 4 is 11.4 Å². The number of hydrogen-bond donors (Lipinski definition) is 2. The van der Waals surface area contributed by atoms with Crippen LogP contribution in [0.1, 0.15) is 0 Å². The maximum absolute atomic E-state index is 12.4. The maximum atomic E-state index is 12.4. The highest BCUT2D eigenvalue weighted by molar-refractivity contribution is 5.66. The van der Waals surface area contributed by atoms with E-state index in [1.165, 1.54) is 0 Å². The molecule has 0 saturated heterocycles. The maximum Gasteiger partial charge on any atom is 0.298 e. The van der Waals surface area contributed by atoms with Gasteiger partial charge in [-0.1, -0.05) is 0 Å². The van der Waals surface area contributed by atoms with Crippen LogP contribution in [0.15, 0.2) is 12.1 Å². The zero-order chi connectivity index (χ0) is 9.30. The number of benzene rings is 1. The van der Waals surface area contributed by atoms with E-state index >= 15 is 0 Å². The number of phenolic OH excluding ortho intramolecular Hbond substituents is 1. The predicted octanol–water partition coefficient (Wildman–Crippen LogP) is 1.02. The van der Waals surface area contributed by atoms with Crippen molar-refractivity contribution in [2.45, 2.75) is 0 Å². The SMILES string of the molecule is Nc1c(O)cc(F)cc1[N+](=O)[O-]. The Morgan fingerprint density at radius 1 is 1.58 bits per heavy atom. The van der Waals surface area contributed by atoms with Gasteiger partial charge in [0.05, 0.1) is 11.0 Å². The highest BCUT2D eigenvalue weighted by Gasteiger charge is 2.16. The van der Waals surface area contributed by atoms with Crippen LogP contribution in [0.25, 0.3) is 0 Å². The molecule has 0 amide bonds. The third-order valence-electron chi connectivity index (χ3n) is 1.30. The van der Waals surface area contributed by atoms with E-state index in [0.717, 1.165) is 0 Å². The second kappa shape index (κ2) is 2.65. The fourth-order valence-corrected chi connectivity index (χ4v) is 0.741. The molecule has 6 heteroatoms. The number of aromatic hydroxyl groups is 1. The second-order valence-corrected chi connectivity index (χ2v) is 2.11. The minimum atomic E-state index is -0.895. The van der Waals surface area contributed by atoms with Crippen molar-refractivity contribution in [2.24, 2.45) is 0 Å². The molecule has 0 aliphatic heterocycles. The van der Waals surface area contributed by atoms with Crippen LogP contribution in [0.2, 0.25) is 0 Å². The molecule has 0 bridgehead atoms. The van der Waals surface area contributed by atoms with Gasteiger partial charge in [-0.05, 0) is 0 Å². The van der Waals surface area contributed by atoms with Gasteiger partial charge in [0, 0.05) is 6.07 Å². The summed E-state index contributed by atoms with van der Waals surface area (Å²) in [5.74, 6) is -1.52. The Morgan fingerprint density at radius 3 is 2.67 bits per heavy atom. The van der Waals surface area contributed by atoms with Crippen molar-refractivity contribution < 1.29 is 14.4 Å². The molecule has 1 aromatic carbocycles. The summed E-state index contributed by atoms with van der Waals surface area (Å²) in [5, 5.41) is 19.0. The Hall–Kier alpha value is -1.85. The van der Waals surface area contributed by atoms with Crippen molar-refractivity contribution in [3.05, 3.63) is 28.1 Å². The number of nitrogen functional groups attached to an aromatic ring is 1. The van der Waals surface area contributed by atoms with Gasteiger partial charge < -0.3 is 10.8 Å². The number of nitro groups is 1. The molecule has 0 unspecified atom stereocenters. The number of phenols is 1. The second-order valence-electron chi connectivity index (χ2n) is 2.11. The lowest BCUT2D eigenvalue weighted by atomic mass is 10.2. The lowest BCUT2D eigenvalue weighted by molar-refractivity contribution is -0.384. The van der Waals surface area contributed by atoms with E-state index in [4.69, 9.17) is 10.8 Å². The number of rotatable bonds is 1. The first kappa shape index (κ1) is 8.25. The fourth-order valence-electron chi connectivity index (χ4n) is 0.741. The molecule has 64 valence electrons. The van der Waals surface area contributed by atoms with E-state index in [1.807, 2.05) is 0 Å². The van der Waals surface area contributed by atoms with E-state index in [-0.39, 0.29) is 0 Å². The summed E-state index contributed by atoms with van der Waals surface area (Å²) in [6.45, 7) is 0. The molecule has 12 heavy (non-hydrogen) atoms. The van der Waals surface area contributed by atoms with Gasteiger partial charge in [-0.15, -0.1) is 0 Å². The third-order valence-corrected chi connectivity index (χ3v) is 1.30. The third kappa shape index (κ3) is 1.26. The molecular formula is C6H5FN2O3. The van der Waals surface area contributed by atoms with Gasteiger partial charge in [0.25, 0.3) is 5.69 Å². The number of nitrogens with two attached hydrogens (primary N) is 1. The zero-order valence-corrected chi connectivity index (χ0v) is 5.82. The largest absolute Gasteiger partial charge is 0.505 e. The molecule has 1 rings (SSSR count). The predicted molar refractivity (Wildman–Crippen MR) is 39.1 cm³/mol. The van der Waals surface area contributed by atoms with Crippen LogP contribution in [-0.4, -0.2) is 10.0 Å². The van der Waals surface area contributed by atoms with Gasteiger partial charge in [0.1, 0.15) is 11.6 Å². The first-order chi connectivity index (χ1) is 5.52. The highest BCUT2D eigenvalue weighted by Crippen LogP contribution is 2.30. The Labute approximate surface area is 66.4 Å². The van der Waals surface area contributed by atoms with Crippen LogP contribution >= 0.6 is 0 Å². The van der Waals surface area contributed by atoms with Crippen molar-refractivity contribution in [1.82, 2.24) is 0 Å². The molecule has 0 aromatic heterocycles. The minimum Gasteiger partial charge on any atom is -0.505 e. The molecule has 0 spiro atoms. The number of nitro benzene ring substituents is 1. The minimum absolute atomic E-state index is 0.429. The summed E-state index contributed by atoms with van der Waals surface area (Å²) < 4.78 is 12.4. The average molecular weight is 172 g/mol. The number of nitrogens with zero attached hydrogens (tertiary/aromatic N) is 1. The normalized spacial score (nSPS) is 9.75.